The zero-order chi connectivity index (χ0) is 15.3. The van der Waals surface area contributed by atoms with Gasteiger partial charge in [-0.3, -0.25) is 4.79 Å². The number of pyridine rings is 1. The quantitative estimate of drug-likeness (QED) is 0.822. The minimum atomic E-state index is -0.806. The van der Waals surface area contributed by atoms with Crippen LogP contribution in [-0.2, 0) is 0 Å². The monoisotopic (exact) mass is 289 g/mol. The summed E-state index contributed by atoms with van der Waals surface area (Å²) in [5.74, 6) is -0.163. The molecule has 2 N–H and O–H groups in total. The first-order chi connectivity index (χ1) is 10.1. The molecule has 5 nitrogen and oxygen atoms in total. The normalized spacial score (nSPS) is 11.8. The van der Waals surface area contributed by atoms with Gasteiger partial charge in [-0.05, 0) is 25.0 Å². The Morgan fingerprint density at radius 2 is 2.10 bits per heavy atom. The summed E-state index contributed by atoms with van der Waals surface area (Å²) in [6, 6.07) is 3.55. The summed E-state index contributed by atoms with van der Waals surface area (Å²) in [7, 11) is 0. The van der Waals surface area contributed by atoms with Crippen molar-refractivity contribution in [3.05, 3.63) is 36.4 Å². The Kier molecular flexibility index (Phi) is 4.96. The number of rotatable bonds is 7. The maximum Gasteiger partial charge on any atom is 0.251 e. The molecule has 0 spiro atoms. The van der Waals surface area contributed by atoms with E-state index in [0.717, 1.165) is 18.4 Å². The molecule has 0 saturated carbocycles. The maximum absolute atomic E-state index is 12.2. The molecule has 0 atom stereocenters. The highest BCUT2D eigenvalue weighted by Crippen LogP contribution is 2.18. The highest BCUT2D eigenvalue weighted by molar-refractivity contribution is 5.95. The molecule has 2 rings (SSSR count). The topological polar surface area (TPSA) is 66.6 Å². The molecule has 1 amide bonds. The number of amides is 1. The molecule has 2 aromatic heterocycles. The Balaban J connectivity index is 2.02. The Morgan fingerprint density at radius 3 is 2.76 bits per heavy atom. The lowest BCUT2D eigenvalue weighted by Gasteiger charge is -2.27. The number of carbonyl (C=O) groups excluding carboxylic acids is 1. The van der Waals surface area contributed by atoms with E-state index in [4.69, 9.17) is 0 Å². The molecule has 0 fully saturated rings. The van der Waals surface area contributed by atoms with E-state index in [1.54, 1.807) is 24.7 Å². The summed E-state index contributed by atoms with van der Waals surface area (Å²) in [6.07, 6.45) is 8.40. The van der Waals surface area contributed by atoms with E-state index in [0.29, 0.717) is 18.4 Å². The summed E-state index contributed by atoms with van der Waals surface area (Å²) < 4.78 is 1.85. The van der Waals surface area contributed by atoms with Gasteiger partial charge in [-0.15, -0.1) is 0 Å². The van der Waals surface area contributed by atoms with Crippen LogP contribution in [0, 0.1) is 0 Å². The second-order valence-electron chi connectivity index (χ2n) is 5.55. The fourth-order valence-electron chi connectivity index (χ4n) is 2.64. The second-order valence-corrected chi connectivity index (χ2v) is 5.55. The van der Waals surface area contributed by atoms with Gasteiger partial charge < -0.3 is 14.8 Å². The molecule has 114 valence electrons. The lowest BCUT2D eigenvalue weighted by molar-refractivity contribution is 0.0213. The smallest absolute Gasteiger partial charge is 0.251 e. The third-order valence-electron chi connectivity index (χ3n) is 3.69. The number of aromatic nitrogens is 2. The zero-order valence-corrected chi connectivity index (χ0v) is 12.7. The van der Waals surface area contributed by atoms with Gasteiger partial charge in [-0.25, -0.2) is 4.98 Å². The van der Waals surface area contributed by atoms with Gasteiger partial charge in [-0.1, -0.05) is 26.7 Å². The van der Waals surface area contributed by atoms with Crippen molar-refractivity contribution in [1.82, 2.24) is 14.7 Å². The van der Waals surface area contributed by atoms with Gasteiger partial charge in [0.2, 0.25) is 0 Å². The highest BCUT2D eigenvalue weighted by atomic mass is 16.3. The van der Waals surface area contributed by atoms with E-state index < -0.39 is 5.60 Å². The van der Waals surface area contributed by atoms with Crippen molar-refractivity contribution in [2.75, 3.05) is 6.54 Å². The number of nitrogens with one attached hydrogen (secondary N) is 1. The van der Waals surface area contributed by atoms with E-state index in [-0.39, 0.29) is 12.5 Å². The van der Waals surface area contributed by atoms with Gasteiger partial charge in [0.05, 0.1) is 23.6 Å². The molecular formula is C16H23N3O2. The average molecular weight is 289 g/mol. The molecule has 2 aromatic rings. The molecule has 0 saturated heterocycles. The molecule has 0 aliphatic rings. The lowest BCUT2D eigenvalue weighted by Crippen LogP contribution is -2.42. The summed E-state index contributed by atoms with van der Waals surface area (Å²) >= 11 is 0. The molecule has 0 unspecified atom stereocenters. The van der Waals surface area contributed by atoms with E-state index in [9.17, 15) is 9.90 Å². The summed E-state index contributed by atoms with van der Waals surface area (Å²) in [5, 5.41) is 13.4. The number of hydrogen-bond donors (Lipinski definition) is 2. The van der Waals surface area contributed by atoms with Crippen LogP contribution in [0.25, 0.3) is 5.52 Å². The maximum atomic E-state index is 12.2. The second kappa shape index (κ2) is 6.72. The molecule has 2 heterocycles. The van der Waals surface area contributed by atoms with Gasteiger partial charge in [0.15, 0.2) is 0 Å². The largest absolute Gasteiger partial charge is 0.388 e. The minimum absolute atomic E-state index is 0.163. The average Bonchev–Trinajstić information content (AvgIpc) is 2.92. The van der Waals surface area contributed by atoms with Gasteiger partial charge in [0, 0.05) is 18.3 Å². The van der Waals surface area contributed by atoms with Crippen molar-refractivity contribution in [2.24, 2.45) is 0 Å². The number of aliphatic hydroxyl groups is 1. The Morgan fingerprint density at radius 1 is 1.38 bits per heavy atom. The summed E-state index contributed by atoms with van der Waals surface area (Å²) in [5.41, 5.74) is 0.651. The third kappa shape index (κ3) is 3.82. The Bertz CT molecular complexity index is 600. The van der Waals surface area contributed by atoms with Gasteiger partial charge in [0.25, 0.3) is 5.91 Å². The molecule has 0 radical (unpaired) electrons. The van der Waals surface area contributed by atoms with Crippen molar-refractivity contribution in [2.45, 2.75) is 45.1 Å². The molecule has 0 aliphatic heterocycles. The number of nitrogens with zero attached hydrogens (tertiary/aromatic N) is 2. The van der Waals surface area contributed by atoms with Gasteiger partial charge >= 0.3 is 0 Å². The minimum Gasteiger partial charge on any atom is -0.388 e. The van der Waals surface area contributed by atoms with E-state index in [2.05, 4.69) is 10.3 Å². The van der Waals surface area contributed by atoms with E-state index in [1.807, 2.05) is 24.4 Å². The molecular weight excluding hydrogens is 266 g/mol. The van der Waals surface area contributed by atoms with Crippen molar-refractivity contribution in [3.8, 4) is 0 Å². The highest BCUT2D eigenvalue weighted by Gasteiger charge is 2.25. The molecule has 21 heavy (non-hydrogen) atoms. The van der Waals surface area contributed by atoms with Crippen molar-refractivity contribution < 1.29 is 9.90 Å². The van der Waals surface area contributed by atoms with Crippen LogP contribution in [0.15, 0.2) is 30.9 Å². The van der Waals surface area contributed by atoms with Crippen molar-refractivity contribution >= 4 is 11.4 Å². The van der Waals surface area contributed by atoms with Crippen molar-refractivity contribution in [1.29, 1.82) is 0 Å². The third-order valence-corrected chi connectivity index (χ3v) is 3.69. The van der Waals surface area contributed by atoms with Crippen LogP contribution in [0.2, 0.25) is 0 Å². The van der Waals surface area contributed by atoms with Crippen LogP contribution in [0.3, 0.4) is 0 Å². The van der Waals surface area contributed by atoms with Gasteiger partial charge in [-0.2, -0.15) is 0 Å². The first-order valence-electron chi connectivity index (χ1n) is 7.50. The molecule has 0 bridgehead atoms. The number of fused-ring (bicyclic) bond motifs is 1. The van der Waals surface area contributed by atoms with Crippen LogP contribution >= 0.6 is 0 Å². The molecule has 0 aliphatic carbocycles. The molecule has 5 heteroatoms. The Labute approximate surface area is 125 Å². The van der Waals surface area contributed by atoms with Crippen LogP contribution in [0.1, 0.15) is 49.9 Å². The summed E-state index contributed by atoms with van der Waals surface area (Å²) in [6.45, 7) is 4.37. The molecule has 0 aromatic carbocycles. The Hall–Kier alpha value is -1.88. The number of hydrogen-bond acceptors (Lipinski definition) is 3. The van der Waals surface area contributed by atoms with Crippen LogP contribution in [0.4, 0.5) is 0 Å². The van der Waals surface area contributed by atoms with Crippen LogP contribution < -0.4 is 5.32 Å². The SMILES string of the molecule is CCCC(O)(CCC)CNC(=O)c1ccn2cncc2c1. The predicted octanol–water partition coefficient (Wildman–Crippen LogP) is 2.40. The van der Waals surface area contributed by atoms with E-state index in [1.165, 1.54) is 0 Å². The number of imidazole rings is 1. The van der Waals surface area contributed by atoms with E-state index >= 15 is 0 Å². The first-order valence-corrected chi connectivity index (χ1v) is 7.50. The predicted molar refractivity (Wildman–Crippen MR) is 82.3 cm³/mol. The van der Waals surface area contributed by atoms with Crippen LogP contribution in [0.5, 0.6) is 0 Å². The standard InChI is InChI=1S/C16H23N3O2/c1-3-6-16(21,7-4-2)11-18-15(20)13-5-8-19-12-17-10-14(19)9-13/h5,8-10,12,21H,3-4,6-7,11H2,1-2H3,(H,18,20). The number of carbonyl (C=O) groups is 1. The zero-order valence-electron chi connectivity index (χ0n) is 12.7. The first kappa shape index (κ1) is 15.5. The fourth-order valence-corrected chi connectivity index (χ4v) is 2.64. The lowest BCUT2D eigenvalue weighted by atomic mass is 9.92. The summed E-state index contributed by atoms with van der Waals surface area (Å²) in [4.78, 5) is 16.2. The van der Waals surface area contributed by atoms with Gasteiger partial charge in [0.1, 0.15) is 0 Å². The fraction of sp³-hybridized carbons (Fsp3) is 0.500. The van der Waals surface area contributed by atoms with Crippen LogP contribution in [-0.4, -0.2) is 32.5 Å². The van der Waals surface area contributed by atoms with Crippen molar-refractivity contribution in [3.63, 3.8) is 0 Å².